The van der Waals surface area contributed by atoms with Gasteiger partial charge in [-0.15, -0.1) is 0 Å². The molecule has 12 heteroatoms. The number of hydrogen-bond acceptors (Lipinski definition) is 4. The molecule has 34 heavy (non-hydrogen) atoms. The maximum Gasteiger partial charge on any atom is 0.417 e. The van der Waals surface area contributed by atoms with Crippen molar-refractivity contribution in [2.45, 2.75) is 19.3 Å². The summed E-state index contributed by atoms with van der Waals surface area (Å²) in [5.74, 6) is -0.167. The second-order valence-electron chi connectivity index (χ2n) is 7.95. The molecule has 0 aliphatic rings. The molecule has 8 nitrogen and oxygen atoms in total. The van der Waals surface area contributed by atoms with Crippen molar-refractivity contribution < 1.29 is 22.9 Å². The predicted molar refractivity (Wildman–Crippen MR) is 117 cm³/mol. The number of rotatable bonds is 5. The highest BCUT2D eigenvalue weighted by Crippen LogP contribution is 2.29. The number of pyridine rings is 2. The number of halogens is 4. The molecule has 174 valence electrons. The minimum absolute atomic E-state index is 0.167. The maximum atomic E-state index is 12.9. The van der Waals surface area contributed by atoms with Crippen LogP contribution in [0.3, 0.4) is 0 Å². The molecule has 0 saturated carbocycles. The van der Waals surface area contributed by atoms with Gasteiger partial charge >= 0.3 is 12.1 Å². The van der Waals surface area contributed by atoms with Crippen molar-refractivity contribution in [3.63, 3.8) is 0 Å². The average molecular weight is 489 g/mol. The number of quaternary nitrogens is 1. The van der Waals surface area contributed by atoms with Crippen LogP contribution in [-0.4, -0.2) is 41.5 Å². The van der Waals surface area contributed by atoms with Crippen molar-refractivity contribution >= 4 is 28.7 Å². The first-order valence-corrected chi connectivity index (χ1v) is 10.6. The van der Waals surface area contributed by atoms with Crippen LogP contribution in [0.2, 0.25) is 5.02 Å². The van der Waals surface area contributed by atoms with E-state index in [-0.39, 0.29) is 12.5 Å². The molecule has 0 aromatic carbocycles. The largest absolute Gasteiger partial charge is 0.417 e. The number of amides is 1. The molecule has 1 amide bonds. The summed E-state index contributed by atoms with van der Waals surface area (Å²) in [5, 5.41) is 4.80. The lowest BCUT2D eigenvalue weighted by Gasteiger charge is -2.09. The Morgan fingerprint density at radius 3 is 2.76 bits per heavy atom. The Hall–Kier alpha value is -3.70. The van der Waals surface area contributed by atoms with Crippen LogP contribution in [0.1, 0.15) is 27.3 Å². The fraction of sp³-hybridized carbons (Fsp3) is 0.182. The molecule has 5 aromatic heterocycles. The number of alkyl halides is 3. The lowest BCUT2D eigenvalue weighted by atomic mass is 10.2. The summed E-state index contributed by atoms with van der Waals surface area (Å²) >= 11 is 6.08. The highest BCUT2D eigenvalue weighted by atomic mass is 35.5. The summed E-state index contributed by atoms with van der Waals surface area (Å²) in [6, 6.07) is 5.86. The third-order valence-corrected chi connectivity index (χ3v) is 5.68. The summed E-state index contributed by atoms with van der Waals surface area (Å²) < 4.78 is 43.5. The average Bonchev–Trinajstić information content (AvgIpc) is 3.50. The molecule has 0 aliphatic heterocycles. The zero-order chi connectivity index (χ0) is 24.0. The van der Waals surface area contributed by atoms with E-state index in [0.29, 0.717) is 33.4 Å². The highest BCUT2D eigenvalue weighted by Gasteiger charge is 2.31. The van der Waals surface area contributed by atoms with Gasteiger partial charge in [0.25, 0.3) is 0 Å². The molecule has 5 aromatic rings. The monoisotopic (exact) mass is 488 g/mol. The molecule has 0 spiro atoms. The van der Waals surface area contributed by atoms with Crippen LogP contribution in [0.25, 0.3) is 11.2 Å². The van der Waals surface area contributed by atoms with E-state index in [2.05, 4.69) is 15.1 Å². The summed E-state index contributed by atoms with van der Waals surface area (Å²) in [5.41, 5.74) is 2.13. The number of carbonyl (C=O) groups excluding carboxylic acids is 1. The quantitative estimate of drug-likeness (QED) is 0.413. The van der Waals surface area contributed by atoms with Crippen molar-refractivity contribution in [3.05, 3.63) is 89.1 Å². The zero-order valence-electron chi connectivity index (χ0n) is 17.8. The zero-order valence-corrected chi connectivity index (χ0v) is 18.5. The van der Waals surface area contributed by atoms with Gasteiger partial charge in [0.15, 0.2) is 0 Å². The predicted octanol–water partition coefficient (Wildman–Crippen LogP) is 2.75. The number of carbonyl (C=O) groups is 1. The van der Waals surface area contributed by atoms with Gasteiger partial charge in [-0.25, -0.2) is 14.8 Å². The highest BCUT2D eigenvalue weighted by molar-refractivity contribution is 6.30. The van der Waals surface area contributed by atoms with E-state index in [1.807, 2.05) is 4.40 Å². The standard InChI is InChI=1S/C22H17ClF3N7O/c1-30(12-18-19-6-16(23)4-5-31(19)13-27-18)21(34)14-7-28-33(8-14)11-17-10-32-9-15(22(24,25)26)2-3-20(32)29-17/h2-10,13H,11-12H2,1H3/p+1. The van der Waals surface area contributed by atoms with Crippen molar-refractivity contribution in [2.24, 2.45) is 0 Å². The minimum Gasteiger partial charge on any atom is -0.306 e. The third kappa shape index (κ3) is 4.27. The molecule has 5 heterocycles. The summed E-state index contributed by atoms with van der Waals surface area (Å²) in [6.45, 7) is 0.564. The van der Waals surface area contributed by atoms with Crippen LogP contribution in [0.4, 0.5) is 13.2 Å². The van der Waals surface area contributed by atoms with Crippen molar-refractivity contribution in [1.29, 1.82) is 0 Å². The molecule has 0 radical (unpaired) electrons. The molecule has 0 fully saturated rings. The Labute approximate surface area is 195 Å². The lowest BCUT2D eigenvalue weighted by Crippen LogP contribution is -3.10. The number of nitrogens with one attached hydrogen (secondary N) is 1. The number of fused-ring (bicyclic) bond motifs is 2. The van der Waals surface area contributed by atoms with Gasteiger partial charge in [-0.3, -0.25) is 9.58 Å². The summed E-state index contributed by atoms with van der Waals surface area (Å²) in [7, 11) is 1.75. The minimum atomic E-state index is -4.43. The fourth-order valence-electron chi connectivity index (χ4n) is 3.75. The van der Waals surface area contributed by atoms with Crippen LogP contribution in [0.15, 0.2) is 61.6 Å². The van der Waals surface area contributed by atoms with Crippen LogP contribution in [0, 0.1) is 0 Å². The number of nitrogens with zero attached hydrogens (tertiary/aromatic N) is 6. The van der Waals surface area contributed by atoms with Gasteiger partial charge in [-0.05, 0) is 24.3 Å². The molecule has 0 saturated heterocycles. The Balaban J connectivity index is 1.30. The molecule has 1 unspecified atom stereocenters. The Morgan fingerprint density at radius 2 is 1.97 bits per heavy atom. The Kier molecular flexibility index (Phi) is 5.37. The molecule has 0 aliphatic carbocycles. The molecule has 1 N–H and O–H groups in total. The molecule has 1 atom stereocenters. The SMILES string of the molecule is C[NH+](Cc1ncn2ccc(Cl)cc12)C(=O)c1cnn(Cc2cn3cc(C(F)(F)F)ccc3n2)c1. The molecular weight excluding hydrogens is 471 g/mol. The van der Waals surface area contributed by atoms with E-state index < -0.39 is 11.7 Å². The van der Waals surface area contributed by atoms with E-state index in [1.165, 1.54) is 27.5 Å². The second kappa shape index (κ2) is 8.26. The normalized spacial score (nSPS) is 13.1. The number of imidazole rings is 2. The smallest absolute Gasteiger partial charge is 0.306 e. The second-order valence-corrected chi connectivity index (χ2v) is 8.39. The summed E-state index contributed by atoms with van der Waals surface area (Å²) in [6.07, 6.45) is 4.61. The lowest BCUT2D eigenvalue weighted by molar-refractivity contribution is -0.806. The van der Waals surface area contributed by atoms with E-state index in [9.17, 15) is 18.0 Å². The van der Waals surface area contributed by atoms with Gasteiger partial charge in [0.2, 0.25) is 0 Å². The molecule has 5 rings (SSSR count). The molecule has 0 bridgehead atoms. The van der Waals surface area contributed by atoms with Crippen molar-refractivity contribution in [1.82, 2.24) is 28.5 Å². The van der Waals surface area contributed by atoms with E-state index >= 15 is 0 Å². The van der Waals surface area contributed by atoms with Crippen LogP contribution in [-0.2, 0) is 19.3 Å². The first-order chi connectivity index (χ1) is 16.2. The van der Waals surface area contributed by atoms with Gasteiger partial charge in [0.05, 0.1) is 42.9 Å². The third-order valence-electron chi connectivity index (χ3n) is 5.45. The first kappa shape index (κ1) is 22.1. The Bertz CT molecular complexity index is 1520. The van der Waals surface area contributed by atoms with Crippen LogP contribution < -0.4 is 4.90 Å². The van der Waals surface area contributed by atoms with Gasteiger partial charge in [-0.1, -0.05) is 11.6 Å². The van der Waals surface area contributed by atoms with Crippen molar-refractivity contribution in [3.8, 4) is 0 Å². The van der Waals surface area contributed by atoms with Crippen molar-refractivity contribution in [2.75, 3.05) is 7.05 Å². The van der Waals surface area contributed by atoms with E-state index in [1.54, 1.807) is 37.9 Å². The van der Waals surface area contributed by atoms with Gasteiger partial charge in [0.1, 0.15) is 23.4 Å². The van der Waals surface area contributed by atoms with Gasteiger partial charge in [-0.2, -0.15) is 18.3 Å². The molecular formula is C22H18ClF3N7O+. The van der Waals surface area contributed by atoms with Gasteiger partial charge < -0.3 is 8.80 Å². The van der Waals surface area contributed by atoms with Gasteiger partial charge in [0, 0.05) is 29.8 Å². The first-order valence-electron chi connectivity index (χ1n) is 10.2. The number of hydrogen-bond donors (Lipinski definition) is 1. The maximum absolute atomic E-state index is 12.9. The fourth-order valence-corrected chi connectivity index (χ4v) is 3.91. The van der Waals surface area contributed by atoms with E-state index in [4.69, 9.17) is 11.6 Å². The van der Waals surface area contributed by atoms with E-state index in [0.717, 1.165) is 23.5 Å². The summed E-state index contributed by atoms with van der Waals surface area (Å²) in [4.78, 5) is 22.2. The van der Waals surface area contributed by atoms with Crippen LogP contribution in [0.5, 0.6) is 0 Å². The number of aromatic nitrogens is 6. The topological polar surface area (TPSA) is 73.9 Å². The Morgan fingerprint density at radius 1 is 1.15 bits per heavy atom. The van der Waals surface area contributed by atoms with Crippen LogP contribution >= 0.6 is 11.6 Å².